The van der Waals surface area contributed by atoms with Crippen LogP contribution in [0.5, 0.6) is 0 Å². The maximum absolute atomic E-state index is 13.3. The third-order valence-electron chi connectivity index (χ3n) is 5.39. The lowest BCUT2D eigenvalue weighted by atomic mass is 10.0. The van der Waals surface area contributed by atoms with E-state index in [1.807, 2.05) is 31.2 Å². The number of anilines is 1. The summed E-state index contributed by atoms with van der Waals surface area (Å²) in [4.78, 5) is 14.8. The predicted molar refractivity (Wildman–Crippen MR) is 109 cm³/mol. The highest BCUT2D eigenvalue weighted by molar-refractivity contribution is 7.92. The summed E-state index contributed by atoms with van der Waals surface area (Å²) in [6.45, 7) is 4.48. The van der Waals surface area contributed by atoms with Gasteiger partial charge in [-0.1, -0.05) is 24.3 Å². The number of hydrogen-bond acceptors (Lipinski definition) is 4. The van der Waals surface area contributed by atoms with Crippen molar-refractivity contribution in [2.24, 2.45) is 0 Å². The van der Waals surface area contributed by atoms with E-state index in [1.165, 1.54) is 10.4 Å². The lowest BCUT2D eigenvalue weighted by Crippen LogP contribution is -2.51. The smallest absolute Gasteiger partial charge is 0.264 e. The van der Waals surface area contributed by atoms with Crippen molar-refractivity contribution in [1.29, 1.82) is 0 Å². The molecule has 148 valence electrons. The van der Waals surface area contributed by atoms with E-state index in [4.69, 9.17) is 0 Å². The topological polar surface area (TPSA) is 69.7 Å². The fourth-order valence-corrected chi connectivity index (χ4v) is 5.55. The summed E-state index contributed by atoms with van der Waals surface area (Å²) in [5.41, 5.74) is 2.20. The van der Waals surface area contributed by atoms with Crippen LogP contribution < -0.4 is 9.62 Å². The third-order valence-corrected chi connectivity index (χ3v) is 7.20. The molecule has 1 saturated heterocycles. The van der Waals surface area contributed by atoms with Gasteiger partial charge in [-0.25, -0.2) is 8.42 Å². The van der Waals surface area contributed by atoms with Gasteiger partial charge in [0.1, 0.15) is 0 Å². The minimum atomic E-state index is -3.72. The molecule has 2 aliphatic rings. The van der Waals surface area contributed by atoms with Gasteiger partial charge in [0, 0.05) is 37.8 Å². The van der Waals surface area contributed by atoms with Gasteiger partial charge in [-0.05, 0) is 49.6 Å². The highest BCUT2D eigenvalue weighted by Crippen LogP contribution is 2.32. The van der Waals surface area contributed by atoms with Crippen LogP contribution in [0.4, 0.5) is 5.69 Å². The number of aryl methyl sites for hydroxylation is 1. The van der Waals surface area contributed by atoms with Gasteiger partial charge in [-0.15, -0.1) is 0 Å². The molecule has 1 fully saturated rings. The molecule has 1 amide bonds. The molecule has 1 unspecified atom stereocenters. The van der Waals surface area contributed by atoms with E-state index in [9.17, 15) is 13.2 Å². The molecule has 7 heteroatoms. The molecule has 1 N–H and O–H groups in total. The predicted octanol–water partition coefficient (Wildman–Crippen LogP) is 2.26. The molecule has 28 heavy (non-hydrogen) atoms. The number of nitrogens with zero attached hydrogens (tertiary/aromatic N) is 2. The number of para-hydroxylation sites is 1. The SMILES string of the molecule is CC1CN(C(=O)c2cccc(S(=O)(=O)N3CCCc4ccccc43)c2)CCN1. The lowest BCUT2D eigenvalue weighted by Gasteiger charge is -2.32. The number of piperazine rings is 1. The summed E-state index contributed by atoms with van der Waals surface area (Å²) in [7, 11) is -3.72. The first-order valence-corrected chi connectivity index (χ1v) is 11.1. The highest BCUT2D eigenvalue weighted by atomic mass is 32.2. The summed E-state index contributed by atoms with van der Waals surface area (Å²) < 4.78 is 28.2. The van der Waals surface area contributed by atoms with Crippen molar-refractivity contribution < 1.29 is 13.2 Å². The number of rotatable bonds is 3. The molecule has 2 aromatic rings. The van der Waals surface area contributed by atoms with Gasteiger partial charge in [0.25, 0.3) is 15.9 Å². The second-order valence-electron chi connectivity index (χ2n) is 7.44. The zero-order valence-electron chi connectivity index (χ0n) is 16.0. The molecule has 4 rings (SSSR count). The highest BCUT2D eigenvalue weighted by Gasteiger charge is 2.30. The molecule has 0 aliphatic carbocycles. The lowest BCUT2D eigenvalue weighted by molar-refractivity contribution is 0.0709. The Balaban J connectivity index is 1.65. The zero-order chi connectivity index (χ0) is 19.7. The molecular weight excluding hydrogens is 374 g/mol. The average molecular weight is 400 g/mol. The van der Waals surface area contributed by atoms with E-state index in [0.717, 1.165) is 30.6 Å². The Hall–Kier alpha value is -2.38. The average Bonchev–Trinajstić information content (AvgIpc) is 2.73. The first-order chi connectivity index (χ1) is 13.5. The van der Waals surface area contributed by atoms with E-state index in [2.05, 4.69) is 5.32 Å². The van der Waals surface area contributed by atoms with Gasteiger partial charge < -0.3 is 10.2 Å². The van der Waals surface area contributed by atoms with Crippen LogP contribution in [0.25, 0.3) is 0 Å². The Morgan fingerprint density at radius 1 is 1.11 bits per heavy atom. The third kappa shape index (κ3) is 3.52. The van der Waals surface area contributed by atoms with Gasteiger partial charge in [0.2, 0.25) is 0 Å². The molecule has 2 heterocycles. The maximum atomic E-state index is 13.3. The summed E-state index contributed by atoms with van der Waals surface area (Å²) in [5.74, 6) is -0.121. The fourth-order valence-electron chi connectivity index (χ4n) is 3.96. The van der Waals surface area contributed by atoms with Crippen molar-refractivity contribution in [1.82, 2.24) is 10.2 Å². The van der Waals surface area contributed by atoms with Crippen LogP contribution in [0, 0.1) is 0 Å². The number of sulfonamides is 1. The van der Waals surface area contributed by atoms with E-state index in [0.29, 0.717) is 25.2 Å². The first-order valence-electron chi connectivity index (χ1n) is 9.70. The minimum Gasteiger partial charge on any atom is -0.336 e. The number of benzene rings is 2. The van der Waals surface area contributed by atoms with Crippen molar-refractivity contribution in [2.75, 3.05) is 30.5 Å². The van der Waals surface area contributed by atoms with Crippen LogP contribution in [-0.4, -0.2) is 51.4 Å². The summed E-state index contributed by atoms with van der Waals surface area (Å²) in [5, 5.41) is 3.31. The van der Waals surface area contributed by atoms with Crippen molar-refractivity contribution in [3.63, 3.8) is 0 Å². The second-order valence-corrected chi connectivity index (χ2v) is 9.31. The van der Waals surface area contributed by atoms with Gasteiger partial charge in [-0.3, -0.25) is 9.10 Å². The van der Waals surface area contributed by atoms with E-state index >= 15 is 0 Å². The van der Waals surface area contributed by atoms with Crippen molar-refractivity contribution in [3.05, 3.63) is 59.7 Å². The van der Waals surface area contributed by atoms with Gasteiger partial charge >= 0.3 is 0 Å². The van der Waals surface area contributed by atoms with Crippen LogP contribution >= 0.6 is 0 Å². The molecule has 1 atom stereocenters. The summed E-state index contributed by atoms with van der Waals surface area (Å²) in [6, 6.07) is 14.3. The number of carbonyl (C=O) groups excluding carboxylic acids is 1. The standard InChI is InChI=1S/C21H25N3O3S/c1-16-15-23(13-11-22-16)21(25)18-7-4-9-19(14-18)28(26,27)24-12-5-8-17-6-2-3-10-20(17)24/h2-4,6-7,9-10,14,16,22H,5,8,11-13,15H2,1H3. The minimum absolute atomic E-state index is 0.121. The molecule has 0 radical (unpaired) electrons. The molecule has 2 aromatic carbocycles. The molecule has 0 aromatic heterocycles. The van der Waals surface area contributed by atoms with Crippen LogP contribution in [0.1, 0.15) is 29.3 Å². The van der Waals surface area contributed by atoms with Gasteiger partial charge in [0.15, 0.2) is 0 Å². The Bertz CT molecular complexity index is 990. The number of fused-ring (bicyclic) bond motifs is 1. The number of carbonyl (C=O) groups is 1. The zero-order valence-corrected chi connectivity index (χ0v) is 16.8. The molecule has 0 saturated carbocycles. The molecule has 2 aliphatic heterocycles. The fraction of sp³-hybridized carbons (Fsp3) is 0.381. The Kier molecular flexibility index (Phi) is 5.12. The number of nitrogens with one attached hydrogen (secondary N) is 1. The molecule has 0 bridgehead atoms. The summed E-state index contributed by atoms with van der Waals surface area (Å²) in [6.07, 6.45) is 1.66. The van der Waals surface area contributed by atoms with Crippen LogP contribution in [0.2, 0.25) is 0 Å². The maximum Gasteiger partial charge on any atom is 0.264 e. The Morgan fingerprint density at radius 2 is 1.93 bits per heavy atom. The summed E-state index contributed by atoms with van der Waals surface area (Å²) >= 11 is 0. The number of hydrogen-bond donors (Lipinski definition) is 1. The van der Waals surface area contributed by atoms with Crippen molar-refractivity contribution in [2.45, 2.75) is 30.7 Å². The normalized spacial score (nSPS) is 20.0. The van der Waals surface area contributed by atoms with E-state index in [1.54, 1.807) is 23.1 Å². The van der Waals surface area contributed by atoms with E-state index in [-0.39, 0.29) is 16.8 Å². The van der Waals surface area contributed by atoms with E-state index < -0.39 is 10.0 Å². The van der Waals surface area contributed by atoms with Gasteiger partial charge in [-0.2, -0.15) is 0 Å². The van der Waals surface area contributed by atoms with Crippen LogP contribution in [-0.2, 0) is 16.4 Å². The monoisotopic (exact) mass is 399 g/mol. The Labute approximate surface area is 166 Å². The number of amides is 1. The van der Waals surface area contributed by atoms with Crippen molar-refractivity contribution in [3.8, 4) is 0 Å². The molecule has 6 nitrogen and oxygen atoms in total. The second kappa shape index (κ2) is 7.56. The largest absolute Gasteiger partial charge is 0.336 e. The van der Waals surface area contributed by atoms with Crippen LogP contribution in [0.3, 0.4) is 0 Å². The van der Waals surface area contributed by atoms with Gasteiger partial charge in [0.05, 0.1) is 10.6 Å². The molecule has 0 spiro atoms. The molecular formula is C21H25N3O3S. The first kappa shape index (κ1) is 19.0. The van der Waals surface area contributed by atoms with Crippen LogP contribution in [0.15, 0.2) is 53.4 Å². The Morgan fingerprint density at radius 3 is 2.75 bits per heavy atom. The quantitative estimate of drug-likeness (QED) is 0.860. The van der Waals surface area contributed by atoms with Crippen molar-refractivity contribution >= 4 is 21.6 Å².